The van der Waals surface area contributed by atoms with E-state index in [1.165, 1.54) is 57.8 Å². The number of hydrogen-bond acceptors (Lipinski definition) is 2. The van der Waals surface area contributed by atoms with E-state index >= 15 is 0 Å². The van der Waals surface area contributed by atoms with Gasteiger partial charge in [-0.25, -0.2) is 0 Å². The molecule has 1 fully saturated rings. The molecule has 0 aromatic rings. The Hall–Kier alpha value is -0.0800. The van der Waals surface area contributed by atoms with Crippen LogP contribution in [-0.4, -0.2) is 25.4 Å². The van der Waals surface area contributed by atoms with E-state index in [-0.39, 0.29) is 0 Å². The quantitative estimate of drug-likeness (QED) is 0.527. The maximum atomic E-state index is 6.06. The summed E-state index contributed by atoms with van der Waals surface area (Å²) in [6.45, 7) is 6.22. The third kappa shape index (κ3) is 8.10. The molecule has 0 aromatic heterocycles. The van der Waals surface area contributed by atoms with Gasteiger partial charge in [0.25, 0.3) is 0 Å². The van der Waals surface area contributed by atoms with Crippen LogP contribution in [0, 0.1) is 0 Å². The van der Waals surface area contributed by atoms with Crippen molar-refractivity contribution in [1.29, 1.82) is 0 Å². The summed E-state index contributed by atoms with van der Waals surface area (Å²) in [4.78, 5) is 0. The van der Waals surface area contributed by atoms with Crippen LogP contribution in [0.5, 0.6) is 0 Å². The zero-order valence-electron chi connectivity index (χ0n) is 12.5. The van der Waals surface area contributed by atoms with E-state index < -0.39 is 0 Å². The SMILES string of the molecule is CCCCCCOCCC(C)OC1CCCCC1. The molecule has 0 radical (unpaired) electrons. The molecule has 1 aliphatic rings. The van der Waals surface area contributed by atoms with Crippen LogP contribution in [0.1, 0.15) is 78.1 Å². The second kappa shape index (κ2) is 10.8. The van der Waals surface area contributed by atoms with Gasteiger partial charge in [0.15, 0.2) is 0 Å². The zero-order valence-corrected chi connectivity index (χ0v) is 12.5. The Morgan fingerprint density at radius 1 is 1.00 bits per heavy atom. The number of unbranched alkanes of at least 4 members (excludes halogenated alkanes) is 3. The molecule has 1 atom stereocenters. The summed E-state index contributed by atoms with van der Waals surface area (Å²) < 4.78 is 11.7. The van der Waals surface area contributed by atoms with Crippen molar-refractivity contribution in [3.05, 3.63) is 0 Å². The Labute approximate surface area is 113 Å². The molecule has 0 aliphatic heterocycles. The van der Waals surface area contributed by atoms with Gasteiger partial charge in [-0.15, -0.1) is 0 Å². The van der Waals surface area contributed by atoms with E-state index in [9.17, 15) is 0 Å². The summed E-state index contributed by atoms with van der Waals surface area (Å²) >= 11 is 0. The summed E-state index contributed by atoms with van der Waals surface area (Å²) in [5.74, 6) is 0. The minimum Gasteiger partial charge on any atom is -0.381 e. The van der Waals surface area contributed by atoms with Crippen LogP contribution in [0.3, 0.4) is 0 Å². The second-order valence-corrected chi connectivity index (χ2v) is 5.67. The lowest BCUT2D eigenvalue weighted by atomic mass is 9.97. The number of ether oxygens (including phenoxy) is 2. The molecule has 0 N–H and O–H groups in total. The fourth-order valence-corrected chi connectivity index (χ4v) is 2.58. The maximum Gasteiger partial charge on any atom is 0.0578 e. The molecule has 0 saturated heterocycles. The van der Waals surface area contributed by atoms with Crippen LogP contribution in [0.2, 0.25) is 0 Å². The van der Waals surface area contributed by atoms with E-state index in [2.05, 4.69) is 13.8 Å². The van der Waals surface area contributed by atoms with Gasteiger partial charge in [0.1, 0.15) is 0 Å². The standard InChI is InChI=1S/C16H32O2/c1-3-4-5-9-13-17-14-12-15(2)18-16-10-7-6-8-11-16/h15-16H,3-14H2,1-2H3. The van der Waals surface area contributed by atoms with Gasteiger partial charge in [-0.1, -0.05) is 45.4 Å². The molecular weight excluding hydrogens is 224 g/mol. The van der Waals surface area contributed by atoms with Gasteiger partial charge in [0.05, 0.1) is 12.2 Å². The highest BCUT2D eigenvalue weighted by Crippen LogP contribution is 2.21. The zero-order chi connectivity index (χ0) is 13.1. The fourth-order valence-electron chi connectivity index (χ4n) is 2.58. The molecule has 0 aromatic carbocycles. The van der Waals surface area contributed by atoms with Gasteiger partial charge >= 0.3 is 0 Å². The minimum absolute atomic E-state index is 0.365. The normalized spacial score (nSPS) is 19.0. The maximum absolute atomic E-state index is 6.06. The van der Waals surface area contributed by atoms with Crippen LogP contribution in [0.4, 0.5) is 0 Å². The summed E-state index contributed by atoms with van der Waals surface area (Å²) in [7, 11) is 0. The molecule has 1 aliphatic carbocycles. The lowest BCUT2D eigenvalue weighted by Crippen LogP contribution is -2.23. The van der Waals surface area contributed by atoms with Crippen LogP contribution in [0.25, 0.3) is 0 Å². The highest BCUT2D eigenvalue weighted by Gasteiger charge is 2.16. The highest BCUT2D eigenvalue weighted by atomic mass is 16.5. The van der Waals surface area contributed by atoms with Crippen LogP contribution >= 0.6 is 0 Å². The third-order valence-electron chi connectivity index (χ3n) is 3.79. The summed E-state index contributed by atoms with van der Waals surface area (Å²) in [6, 6.07) is 0. The molecule has 0 bridgehead atoms. The van der Waals surface area contributed by atoms with Gasteiger partial charge in [-0.2, -0.15) is 0 Å². The van der Waals surface area contributed by atoms with Crippen LogP contribution < -0.4 is 0 Å². The molecule has 1 saturated carbocycles. The van der Waals surface area contributed by atoms with E-state index in [0.29, 0.717) is 12.2 Å². The number of rotatable bonds is 10. The molecule has 0 amide bonds. The number of hydrogen-bond donors (Lipinski definition) is 0. The second-order valence-electron chi connectivity index (χ2n) is 5.67. The van der Waals surface area contributed by atoms with Gasteiger partial charge in [-0.3, -0.25) is 0 Å². The van der Waals surface area contributed by atoms with Gasteiger partial charge in [-0.05, 0) is 32.6 Å². The Kier molecular flexibility index (Phi) is 9.59. The highest BCUT2D eigenvalue weighted by molar-refractivity contribution is 4.66. The molecule has 0 heterocycles. The van der Waals surface area contributed by atoms with Crippen molar-refractivity contribution in [1.82, 2.24) is 0 Å². The Morgan fingerprint density at radius 3 is 2.50 bits per heavy atom. The van der Waals surface area contributed by atoms with Crippen molar-refractivity contribution in [3.63, 3.8) is 0 Å². The van der Waals surface area contributed by atoms with Gasteiger partial charge < -0.3 is 9.47 Å². The molecular formula is C16H32O2. The average Bonchev–Trinajstić information content (AvgIpc) is 2.39. The van der Waals surface area contributed by atoms with Gasteiger partial charge in [0.2, 0.25) is 0 Å². The van der Waals surface area contributed by atoms with E-state index in [1.54, 1.807) is 0 Å². The summed E-state index contributed by atoms with van der Waals surface area (Å²) in [5, 5.41) is 0. The molecule has 2 heteroatoms. The van der Waals surface area contributed by atoms with Crippen molar-refractivity contribution in [2.45, 2.75) is 90.3 Å². The van der Waals surface area contributed by atoms with E-state index in [4.69, 9.17) is 9.47 Å². The minimum atomic E-state index is 0.365. The first-order valence-corrected chi connectivity index (χ1v) is 8.06. The first-order valence-electron chi connectivity index (χ1n) is 8.06. The summed E-state index contributed by atoms with van der Waals surface area (Å²) in [5.41, 5.74) is 0. The topological polar surface area (TPSA) is 18.5 Å². The van der Waals surface area contributed by atoms with Crippen molar-refractivity contribution in [2.75, 3.05) is 13.2 Å². The van der Waals surface area contributed by atoms with Crippen LogP contribution in [-0.2, 0) is 9.47 Å². The average molecular weight is 256 g/mol. The lowest BCUT2D eigenvalue weighted by molar-refractivity contribution is -0.0355. The largest absolute Gasteiger partial charge is 0.381 e. The first kappa shape index (κ1) is 16.0. The Balaban J connectivity index is 1.88. The molecule has 18 heavy (non-hydrogen) atoms. The predicted molar refractivity (Wildman–Crippen MR) is 77.0 cm³/mol. The van der Waals surface area contributed by atoms with E-state index in [1.807, 2.05) is 0 Å². The van der Waals surface area contributed by atoms with Gasteiger partial charge in [0, 0.05) is 13.2 Å². The molecule has 0 spiro atoms. The predicted octanol–water partition coefficient (Wildman–Crippen LogP) is 4.71. The van der Waals surface area contributed by atoms with Crippen molar-refractivity contribution in [3.8, 4) is 0 Å². The monoisotopic (exact) mass is 256 g/mol. The molecule has 108 valence electrons. The summed E-state index contributed by atoms with van der Waals surface area (Å²) in [6.07, 6.45) is 13.7. The molecule has 1 rings (SSSR count). The smallest absolute Gasteiger partial charge is 0.0578 e. The fraction of sp³-hybridized carbons (Fsp3) is 1.00. The lowest BCUT2D eigenvalue weighted by Gasteiger charge is -2.25. The third-order valence-corrected chi connectivity index (χ3v) is 3.79. The van der Waals surface area contributed by atoms with Crippen LogP contribution in [0.15, 0.2) is 0 Å². The Morgan fingerprint density at radius 2 is 1.78 bits per heavy atom. The molecule has 2 nitrogen and oxygen atoms in total. The molecule has 1 unspecified atom stereocenters. The van der Waals surface area contributed by atoms with Crippen molar-refractivity contribution in [2.24, 2.45) is 0 Å². The first-order chi connectivity index (χ1) is 8.83. The Bertz CT molecular complexity index is 176. The van der Waals surface area contributed by atoms with E-state index in [0.717, 1.165) is 19.6 Å². The van der Waals surface area contributed by atoms with Crippen molar-refractivity contribution >= 4 is 0 Å². The van der Waals surface area contributed by atoms with Crippen molar-refractivity contribution < 1.29 is 9.47 Å².